The van der Waals surface area contributed by atoms with E-state index in [1.807, 2.05) is 0 Å². The lowest BCUT2D eigenvalue weighted by molar-refractivity contribution is 0.0687. The summed E-state index contributed by atoms with van der Waals surface area (Å²) in [6, 6.07) is 0. The summed E-state index contributed by atoms with van der Waals surface area (Å²) in [5, 5.41) is 17.3. The van der Waals surface area contributed by atoms with Gasteiger partial charge in [-0.05, 0) is 22.6 Å². The number of hydrogen-bond donors (Lipinski definition) is 3. The van der Waals surface area contributed by atoms with Crippen molar-refractivity contribution < 1.29 is 19.8 Å². The van der Waals surface area contributed by atoms with Crippen molar-refractivity contribution in [1.82, 2.24) is 9.97 Å². The highest BCUT2D eigenvalue weighted by atomic mass is 127. The Morgan fingerprint density at radius 2 is 1.50 bits per heavy atom. The number of carbonyl (C=O) groups is 2. The molecule has 4 N–H and O–H groups in total. The second-order valence-corrected chi connectivity index (χ2v) is 3.28. The number of rotatable bonds is 2. The van der Waals surface area contributed by atoms with Crippen molar-refractivity contribution in [3.8, 4) is 0 Å². The van der Waals surface area contributed by atoms with Gasteiger partial charge in [-0.3, -0.25) is 0 Å². The van der Waals surface area contributed by atoms with Crippen LogP contribution >= 0.6 is 22.6 Å². The highest BCUT2D eigenvalue weighted by molar-refractivity contribution is 14.1. The molecule has 74 valence electrons. The maximum Gasteiger partial charge on any atom is 0.355 e. The summed E-state index contributed by atoms with van der Waals surface area (Å²) >= 11 is 1.55. The zero-order valence-electron chi connectivity index (χ0n) is 6.56. The molecule has 1 aromatic rings. The first kappa shape index (κ1) is 10.6. The molecule has 0 aliphatic carbocycles. The number of hydrogen-bond acceptors (Lipinski definition) is 5. The van der Waals surface area contributed by atoms with Crippen molar-refractivity contribution in [2.24, 2.45) is 0 Å². The Balaban J connectivity index is 3.47. The number of aromatic nitrogens is 2. The average Bonchev–Trinajstić information content (AvgIpc) is 2.07. The zero-order valence-corrected chi connectivity index (χ0v) is 8.72. The molecule has 0 aliphatic rings. The molecule has 0 bridgehead atoms. The van der Waals surface area contributed by atoms with Crippen LogP contribution in [0.3, 0.4) is 0 Å². The minimum absolute atomic E-state index is 0.0446. The molecule has 0 amide bonds. The van der Waals surface area contributed by atoms with Gasteiger partial charge in [-0.15, -0.1) is 0 Å². The summed E-state index contributed by atoms with van der Waals surface area (Å²) in [6.07, 6.45) is 0. The highest BCUT2D eigenvalue weighted by Gasteiger charge is 2.20. The predicted octanol–water partition coefficient (Wildman–Crippen LogP) is 0.0598. The number of nitrogen functional groups attached to an aromatic ring is 1. The van der Waals surface area contributed by atoms with Gasteiger partial charge in [0.25, 0.3) is 0 Å². The summed E-state index contributed by atoms with van der Waals surface area (Å²) in [5.74, 6) is -3.06. The molecule has 1 rings (SSSR count). The fourth-order valence-electron chi connectivity index (χ4n) is 0.748. The molecule has 14 heavy (non-hydrogen) atoms. The summed E-state index contributed by atoms with van der Waals surface area (Å²) in [5.41, 5.74) is 4.34. The second kappa shape index (κ2) is 3.74. The van der Waals surface area contributed by atoms with E-state index < -0.39 is 23.3 Å². The van der Waals surface area contributed by atoms with E-state index in [0.29, 0.717) is 0 Å². The molecule has 0 saturated carbocycles. The topological polar surface area (TPSA) is 126 Å². The first-order valence-electron chi connectivity index (χ1n) is 3.23. The molecular formula is C6H4IN3O4. The van der Waals surface area contributed by atoms with Crippen molar-refractivity contribution in [1.29, 1.82) is 0 Å². The molecule has 0 atom stereocenters. The summed E-state index contributed by atoms with van der Waals surface area (Å²) in [7, 11) is 0. The van der Waals surface area contributed by atoms with E-state index in [2.05, 4.69) is 9.97 Å². The Bertz CT molecular complexity index is 385. The maximum atomic E-state index is 10.6. The van der Waals surface area contributed by atoms with Crippen LogP contribution in [0.2, 0.25) is 0 Å². The van der Waals surface area contributed by atoms with Gasteiger partial charge in [-0.25, -0.2) is 19.6 Å². The van der Waals surface area contributed by atoms with E-state index in [1.54, 1.807) is 22.6 Å². The molecule has 0 aromatic carbocycles. The third-order valence-corrected chi connectivity index (χ3v) is 2.30. The van der Waals surface area contributed by atoms with E-state index in [0.717, 1.165) is 0 Å². The van der Waals surface area contributed by atoms with Gasteiger partial charge >= 0.3 is 11.9 Å². The van der Waals surface area contributed by atoms with E-state index in [1.165, 1.54) is 0 Å². The third kappa shape index (κ3) is 1.89. The number of carboxylic acid groups (broad SMARTS) is 2. The largest absolute Gasteiger partial charge is 0.476 e. The van der Waals surface area contributed by atoms with Crippen LogP contribution in [-0.4, -0.2) is 32.1 Å². The minimum atomic E-state index is -1.34. The number of halogens is 1. The Morgan fingerprint density at radius 1 is 1.14 bits per heavy atom. The Labute approximate surface area is 91.1 Å². The lowest BCUT2D eigenvalue weighted by Crippen LogP contribution is -2.14. The van der Waals surface area contributed by atoms with Crippen molar-refractivity contribution >= 4 is 40.5 Å². The van der Waals surface area contributed by atoms with Crippen molar-refractivity contribution in [3.05, 3.63) is 15.0 Å². The molecule has 0 radical (unpaired) electrons. The van der Waals surface area contributed by atoms with Crippen LogP contribution in [0, 0.1) is 3.57 Å². The summed E-state index contributed by atoms with van der Waals surface area (Å²) in [4.78, 5) is 28.0. The van der Waals surface area contributed by atoms with E-state index in [9.17, 15) is 9.59 Å². The van der Waals surface area contributed by atoms with Crippen molar-refractivity contribution in [2.45, 2.75) is 0 Å². The fourth-order valence-corrected chi connectivity index (χ4v) is 1.45. The molecule has 0 spiro atoms. The van der Waals surface area contributed by atoms with Gasteiger partial charge in [0, 0.05) is 0 Å². The molecule has 0 saturated heterocycles. The first-order valence-corrected chi connectivity index (χ1v) is 4.31. The molecule has 1 aromatic heterocycles. The minimum Gasteiger partial charge on any atom is -0.476 e. The van der Waals surface area contributed by atoms with Crippen LogP contribution in [0.15, 0.2) is 0 Å². The Morgan fingerprint density at radius 3 is 1.79 bits per heavy atom. The number of carboxylic acids is 2. The predicted molar refractivity (Wildman–Crippen MR) is 53.1 cm³/mol. The number of aromatic carboxylic acids is 2. The molecular weight excluding hydrogens is 305 g/mol. The molecule has 0 aliphatic heterocycles. The third-order valence-electron chi connectivity index (χ3n) is 1.27. The van der Waals surface area contributed by atoms with Gasteiger partial charge in [0.05, 0.1) is 3.57 Å². The standard InChI is InChI=1S/C6H4IN3O4/c7-1-2(4(11)12)9-6(8)10-3(1)5(13)14/h(H,11,12)(H,13,14)(H2,8,9,10). The van der Waals surface area contributed by atoms with Gasteiger partial charge in [0.2, 0.25) is 5.95 Å². The van der Waals surface area contributed by atoms with Gasteiger partial charge in [-0.2, -0.15) is 0 Å². The number of anilines is 1. The van der Waals surface area contributed by atoms with Crippen LogP contribution in [0.5, 0.6) is 0 Å². The molecule has 7 nitrogen and oxygen atoms in total. The molecule has 1 heterocycles. The van der Waals surface area contributed by atoms with E-state index in [4.69, 9.17) is 15.9 Å². The lowest BCUT2D eigenvalue weighted by atomic mass is 10.3. The summed E-state index contributed by atoms with van der Waals surface area (Å²) in [6.45, 7) is 0. The van der Waals surface area contributed by atoms with E-state index >= 15 is 0 Å². The molecule has 0 fully saturated rings. The van der Waals surface area contributed by atoms with Gasteiger partial charge in [0.15, 0.2) is 11.4 Å². The quantitative estimate of drug-likeness (QED) is 0.659. The van der Waals surface area contributed by atoms with Crippen LogP contribution < -0.4 is 5.73 Å². The van der Waals surface area contributed by atoms with Gasteiger partial charge < -0.3 is 15.9 Å². The monoisotopic (exact) mass is 309 g/mol. The Kier molecular flexibility index (Phi) is 2.84. The average molecular weight is 309 g/mol. The Hall–Kier alpha value is -1.45. The fraction of sp³-hybridized carbons (Fsp3) is 0. The second-order valence-electron chi connectivity index (χ2n) is 2.20. The number of nitrogens with two attached hydrogens (primary N) is 1. The summed E-state index contributed by atoms with van der Waals surface area (Å²) < 4.78 is -0.0446. The lowest BCUT2D eigenvalue weighted by Gasteiger charge is -2.02. The van der Waals surface area contributed by atoms with E-state index in [-0.39, 0.29) is 9.52 Å². The van der Waals surface area contributed by atoms with Gasteiger partial charge in [0.1, 0.15) is 0 Å². The molecule has 0 unspecified atom stereocenters. The van der Waals surface area contributed by atoms with Crippen LogP contribution in [0.1, 0.15) is 21.0 Å². The van der Waals surface area contributed by atoms with Crippen LogP contribution in [0.25, 0.3) is 0 Å². The molecule has 8 heteroatoms. The highest BCUT2D eigenvalue weighted by Crippen LogP contribution is 2.15. The van der Waals surface area contributed by atoms with Crippen LogP contribution in [0.4, 0.5) is 5.95 Å². The normalized spacial score (nSPS) is 9.79. The van der Waals surface area contributed by atoms with Crippen LogP contribution in [-0.2, 0) is 0 Å². The number of nitrogens with zero attached hydrogens (tertiary/aromatic N) is 2. The smallest absolute Gasteiger partial charge is 0.355 e. The van der Waals surface area contributed by atoms with Crippen molar-refractivity contribution in [2.75, 3.05) is 5.73 Å². The zero-order chi connectivity index (χ0) is 10.9. The van der Waals surface area contributed by atoms with Crippen molar-refractivity contribution in [3.63, 3.8) is 0 Å². The SMILES string of the molecule is Nc1nc(C(=O)O)c(I)c(C(=O)O)n1. The van der Waals surface area contributed by atoms with Gasteiger partial charge in [-0.1, -0.05) is 0 Å². The first-order chi connectivity index (χ1) is 6.43. The maximum absolute atomic E-state index is 10.6.